The molecule has 1 aliphatic carbocycles. The van der Waals surface area contributed by atoms with Crippen molar-refractivity contribution in [2.24, 2.45) is 5.92 Å². The summed E-state index contributed by atoms with van der Waals surface area (Å²) in [5, 5.41) is 9.69. The summed E-state index contributed by atoms with van der Waals surface area (Å²) >= 11 is 6.40. The van der Waals surface area contributed by atoms with Gasteiger partial charge in [-0.05, 0) is 43.2 Å². The van der Waals surface area contributed by atoms with Crippen LogP contribution in [0.25, 0.3) is 0 Å². The Morgan fingerprint density at radius 1 is 1.53 bits per heavy atom. The molecule has 0 bridgehead atoms. The highest BCUT2D eigenvalue weighted by Crippen LogP contribution is 2.50. The number of carbonyl (C=O) groups is 1. The molecule has 1 N–H and O–H groups in total. The summed E-state index contributed by atoms with van der Waals surface area (Å²) in [7, 11) is 0. The van der Waals surface area contributed by atoms with Gasteiger partial charge >= 0.3 is 5.97 Å². The summed E-state index contributed by atoms with van der Waals surface area (Å²) in [5.41, 5.74) is 1.72. The Morgan fingerprint density at radius 2 is 2.26 bits per heavy atom. The van der Waals surface area contributed by atoms with Crippen LogP contribution < -0.4 is 9.47 Å². The maximum absolute atomic E-state index is 11.0. The maximum Gasteiger partial charge on any atom is 0.303 e. The van der Waals surface area contributed by atoms with Crippen molar-refractivity contribution >= 4 is 17.6 Å². The molecule has 0 amide bonds. The molecular weight excluding hydrogens is 268 g/mol. The molecule has 1 heterocycles. The third-order valence-corrected chi connectivity index (χ3v) is 4.34. The molecular formula is C14H15ClO4. The molecule has 5 heteroatoms. The van der Waals surface area contributed by atoms with Crippen molar-refractivity contribution in [1.82, 2.24) is 0 Å². The van der Waals surface area contributed by atoms with E-state index in [1.165, 1.54) is 0 Å². The number of hydrogen-bond acceptors (Lipinski definition) is 3. The molecule has 1 aliphatic heterocycles. The summed E-state index contributed by atoms with van der Waals surface area (Å²) < 4.78 is 10.8. The third-order valence-electron chi connectivity index (χ3n) is 3.84. The SMILES string of the molecule is Cc1c(Cl)c(C(CC(=O)O)C2CC2)cc2c1OCO2. The molecule has 1 saturated carbocycles. The molecule has 1 unspecified atom stereocenters. The monoisotopic (exact) mass is 282 g/mol. The van der Waals surface area contributed by atoms with Gasteiger partial charge in [-0.15, -0.1) is 0 Å². The highest BCUT2D eigenvalue weighted by Gasteiger charge is 2.36. The van der Waals surface area contributed by atoms with E-state index < -0.39 is 5.97 Å². The molecule has 0 spiro atoms. The van der Waals surface area contributed by atoms with Gasteiger partial charge in [0.25, 0.3) is 0 Å². The highest BCUT2D eigenvalue weighted by molar-refractivity contribution is 6.32. The first-order valence-electron chi connectivity index (χ1n) is 6.38. The lowest BCUT2D eigenvalue weighted by molar-refractivity contribution is -0.137. The van der Waals surface area contributed by atoms with E-state index in [0.717, 1.165) is 24.0 Å². The number of carboxylic acids is 1. The average Bonchev–Trinajstić information content (AvgIpc) is 3.09. The Kier molecular flexibility index (Phi) is 3.05. The highest BCUT2D eigenvalue weighted by atomic mass is 35.5. The van der Waals surface area contributed by atoms with Crippen LogP contribution in [0.15, 0.2) is 6.07 Å². The Hall–Kier alpha value is -1.42. The Morgan fingerprint density at radius 3 is 2.89 bits per heavy atom. The normalized spacial score (nSPS) is 18.4. The molecule has 0 saturated heterocycles. The largest absolute Gasteiger partial charge is 0.481 e. The molecule has 1 aromatic rings. The van der Waals surface area contributed by atoms with E-state index in [0.29, 0.717) is 22.4 Å². The van der Waals surface area contributed by atoms with Gasteiger partial charge in [-0.3, -0.25) is 4.79 Å². The Bertz CT molecular complexity index is 537. The average molecular weight is 283 g/mol. The van der Waals surface area contributed by atoms with Crippen molar-refractivity contribution < 1.29 is 19.4 Å². The Labute approximate surface area is 116 Å². The van der Waals surface area contributed by atoms with Crippen LogP contribution in [0, 0.1) is 12.8 Å². The number of rotatable bonds is 4. The van der Waals surface area contributed by atoms with Gasteiger partial charge < -0.3 is 14.6 Å². The van der Waals surface area contributed by atoms with E-state index in [2.05, 4.69) is 0 Å². The molecule has 1 atom stereocenters. The molecule has 1 aromatic carbocycles. The van der Waals surface area contributed by atoms with Crippen LogP contribution >= 0.6 is 11.6 Å². The van der Waals surface area contributed by atoms with Crippen LogP contribution in [0.2, 0.25) is 5.02 Å². The zero-order chi connectivity index (χ0) is 13.6. The minimum Gasteiger partial charge on any atom is -0.481 e. The quantitative estimate of drug-likeness (QED) is 0.920. The van der Waals surface area contributed by atoms with E-state index in [1.807, 2.05) is 13.0 Å². The maximum atomic E-state index is 11.0. The molecule has 0 radical (unpaired) electrons. The van der Waals surface area contributed by atoms with Gasteiger partial charge in [0.05, 0.1) is 11.4 Å². The molecule has 0 aromatic heterocycles. The second-order valence-electron chi connectivity index (χ2n) is 5.18. The zero-order valence-corrected chi connectivity index (χ0v) is 11.4. The number of fused-ring (bicyclic) bond motifs is 1. The molecule has 19 heavy (non-hydrogen) atoms. The van der Waals surface area contributed by atoms with Crippen molar-refractivity contribution in [3.8, 4) is 11.5 Å². The molecule has 2 aliphatic rings. The third kappa shape index (κ3) is 2.25. The van der Waals surface area contributed by atoms with Gasteiger partial charge in [-0.1, -0.05) is 11.6 Å². The summed E-state index contributed by atoms with van der Waals surface area (Å²) in [4.78, 5) is 11.0. The topological polar surface area (TPSA) is 55.8 Å². The first-order chi connectivity index (χ1) is 9.08. The number of aliphatic carboxylic acids is 1. The molecule has 1 fully saturated rings. The summed E-state index contributed by atoms with van der Waals surface area (Å²) in [6.45, 7) is 2.08. The summed E-state index contributed by atoms with van der Waals surface area (Å²) in [6.07, 6.45) is 2.26. The van der Waals surface area contributed by atoms with Crippen LogP contribution in [-0.4, -0.2) is 17.9 Å². The van der Waals surface area contributed by atoms with E-state index in [9.17, 15) is 4.79 Å². The van der Waals surface area contributed by atoms with E-state index in [1.54, 1.807) is 0 Å². The van der Waals surface area contributed by atoms with Crippen LogP contribution in [0.3, 0.4) is 0 Å². The lowest BCUT2D eigenvalue weighted by atomic mass is 9.89. The van der Waals surface area contributed by atoms with Crippen molar-refractivity contribution in [3.05, 3.63) is 22.2 Å². The fraction of sp³-hybridized carbons (Fsp3) is 0.500. The van der Waals surface area contributed by atoms with Gasteiger partial charge in [0.1, 0.15) is 0 Å². The Balaban J connectivity index is 2.03. The summed E-state index contributed by atoms with van der Waals surface area (Å²) in [5.74, 6) is 0.960. The smallest absolute Gasteiger partial charge is 0.303 e. The van der Waals surface area contributed by atoms with Gasteiger partial charge in [0.15, 0.2) is 11.5 Å². The van der Waals surface area contributed by atoms with Gasteiger partial charge in [0.2, 0.25) is 6.79 Å². The van der Waals surface area contributed by atoms with Gasteiger partial charge in [0, 0.05) is 5.56 Å². The van der Waals surface area contributed by atoms with Crippen LogP contribution in [0.4, 0.5) is 0 Å². The van der Waals surface area contributed by atoms with E-state index in [-0.39, 0.29) is 19.1 Å². The second-order valence-corrected chi connectivity index (χ2v) is 5.56. The van der Waals surface area contributed by atoms with E-state index >= 15 is 0 Å². The lowest BCUT2D eigenvalue weighted by Gasteiger charge is -2.18. The number of halogens is 1. The number of benzene rings is 1. The lowest BCUT2D eigenvalue weighted by Crippen LogP contribution is -2.09. The van der Waals surface area contributed by atoms with Crippen molar-refractivity contribution in [2.75, 3.05) is 6.79 Å². The summed E-state index contributed by atoms with van der Waals surface area (Å²) in [6, 6.07) is 1.85. The van der Waals surface area contributed by atoms with Crippen molar-refractivity contribution in [1.29, 1.82) is 0 Å². The minimum atomic E-state index is -0.789. The standard InChI is InChI=1S/C14H15ClO4/c1-7-13(15)10(4-11-14(7)19-6-18-11)9(5-12(16)17)8-2-3-8/h4,8-9H,2-3,5-6H2,1H3,(H,16,17). The van der Waals surface area contributed by atoms with Crippen LogP contribution in [-0.2, 0) is 4.79 Å². The molecule has 102 valence electrons. The second kappa shape index (κ2) is 4.60. The first kappa shape index (κ1) is 12.6. The van der Waals surface area contributed by atoms with Crippen molar-refractivity contribution in [3.63, 3.8) is 0 Å². The molecule has 3 rings (SSSR count). The zero-order valence-electron chi connectivity index (χ0n) is 10.6. The number of carboxylic acid groups (broad SMARTS) is 1. The fourth-order valence-corrected chi connectivity index (χ4v) is 2.98. The predicted molar refractivity (Wildman–Crippen MR) is 70.0 cm³/mol. The fourth-order valence-electron chi connectivity index (χ4n) is 2.70. The van der Waals surface area contributed by atoms with Crippen LogP contribution in [0.1, 0.15) is 36.3 Å². The molecule has 4 nitrogen and oxygen atoms in total. The predicted octanol–water partition coefficient (Wildman–Crippen LogP) is 3.35. The number of ether oxygens (including phenoxy) is 2. The van der Waals surface area contributed by atoms with Gasteiger partial charge in [-0.25, -0.2) is 0 Å². The van der Waals surface area contributed by atoms with Gasteiger partial charge in [-0.2, -0.15) is 0 Å². The van der Waals surface area contributed by atoms with Crippen molar-refractivity contribution in [2.45, 2.75) is 32.1 Å². The van der Waals surface area contributed by atoms with Crippen LogP contribution in [0.5, 0.6) is 11.5 Å². The van der Waals surface area contributed by atoms with E-state index in [4.69, 9.17) is 26.2 Å². The first-order valence-corrected chi connectivity index (χ1v) is 6.76. The number of hydrogen-bond donors (Lipinski definition) is 1. The minimum absolute atomic E-state index is 0.0294.